The van der Waals surface area contributed by atoms with Gasteiger partial charge in [0.1, 0.15) is 12.4 Å². The van der Waals surface area contributed by atoms with Crippen molar-refractivity contribution < 1.29 is 42.1 Å². The van der Waals surface area contributed by atoms with Gasteiger partial charge in [-0.25, -0.2) is 13.2 Å². The van der Waals surface area contributed by atoms with E-state index in [0.29, 0.717) is 28.5 Å². The number of hydrogen-bond donors (Lipinski definition) is 2. The van der Waals surface area contributed by atoms with Crippen LogP contribution in [0.1, 0.15) is 10.4 Å². The molecule has 0 aliphatic carbocycles. The summed E-state index contributed by atoms with van der Waals surface area (Å²) in [6.07, 6.45) is 0. The molecule has 1 aliphatic heterocycles. The highest BCUT2D eigenvalue weighted by Crippen LogP contribution is 2.32. The molecular weight excluding hydrogens is 490 g/mol. The Hall–Kier alpha value is -4.09. The summed E-state index contributed by atoms with van der Waals surface area (Å²) in [6, 6.07) is 18.4. The third kappa shape index (κ3) is 5.58. The number of hydrogen-bond acceptors (Lipinski definition) is 9. The number of esters is 1. The molecule has 0 saturated carbocycles. The number of carbonyl (C=O) groups excluding carboxylic acids is 2. The fraction of sp³-hybridized carbons (Fsp3) is 0.200. The van der Waals surface area contributed by atoms with Crippen molar-refractivity contribution in [3.63, 3.8) is 0 Å². The molecule has 4 rings (SSSR count). The fourth-order valence-electron chi connectivity index (χ4n) is 3.45. The van der Waals surface area contributed by atoms with Crippen molar-refractivity contribution in [2.75, 3.05) is 31.6 Å². The van der Waals surface area contributed by atoms with Crippen LogP contribution in [-0.2, 0) is 19.4 Å². The van der Waals surface area contributed by atoms with Crippen LogP contribution in [0.5, 0.6) is 17.2 Å². The molecular formula is C25H23NO9S. The Morgan fingerprint density at radius 3 is 2.39 bits per heavy atom. The summed E-state index contributed by atoms with van der Waals surface area (Å²) in [7, 11) is -3.11. The Bertz CT molecular complexity index is 1360. The first kappa shape index (κ1) is 25.0. The summed E-state index contributed by atoms with van der Waals surface area (Å²) >= 11 is 0. The van der Waals surface area contributed by atoms with E-state index in [2.05, 4.69) is 10.1 Å². The molecule has 2 N–H and O–H groups in total. The smallest absolute Gasteiger partial charge is 0.342 e. The van der Waals surface area contributed by atoms with E-state index in [1.165, 1.54) is 24.3 Å². The lowest BCUT2D eigenvalue weighted by Crippen LogP contribution is -2.50. The molecule has 11 heteroatoms. The molecule has 10 nitrogen and oxygen atoms in total. The van der Waals surface area contributed by atoms with Gasteiger partial charge in [0.2, 0.25) is 12.4 Å². The van der Waals surface area contributed by atoms with Gasteiger partial charge in [0.25, 0.3) is 5.91 Å². The second kappa shape index (κ2) is 10.3. The molecule has 0 saturated heterocycles. The number of anilines is 1. The summed E-state index contributed by atoms with van der Waals surface area (Å²) < 4.78 is 46.6. The molecule has 0 spiro atoms. The molecule has 1 amide bonds. The number of para-hydroxylation sites is 1. The Kier molecular flexibility index (Phi) is 7.13. The lowest BCUT2D eigenvalue weighted by atomic mass is 10.1. The van der Waals surface area contributed by atoms with Crippen molar-refractivity contribution in [2.45, 2.75) is 10.5 Å². The molecule has 188 valence electrons. The first-order valence-corrected chi connectivity index (χ1v) is 12.4. The van der Waals surface area contributed by atoms with Crippen LogP contribution in [0.15, 0.2) is 77.7 Å². The minimum atomic E-state index is -4.16. The zero-order valence-electron chi connectivity index (χ0n) is 19.2. The summed E-state index contributed by atoms with van der Waals surface area (Å²) in [6.45, 7) is -0.549. The van der Waals surface area contributed by atoms with Gasteiger partial charge in [-0.15, -0.1) is 0 Å². The summed E-state index contributed by atoms with van der Waals surface area (Å²) in [5.41, 5.74) is -1.78. The van der Waals surface area contributed by atoms with Crippen molar-refractivity contribution in [2.24, 2.45) is 0 Å². The molecule has 1 heterocycles. The van der Waals surface area contributed by atoms with Crippen LogP contribution in [0.3, 0.4) is 0 Å². The average Bonchev–Trinajstić information content (AvgIpc) is 3.36. The molecule has 0 aromatic heterocycles. The van der Waals surface area contributed by atoms with Crippen LogP contribution < -0.4 is 19.5 Å². The van der Waals surface area contributed by atoms with Crippen molar-refractivity contribution in [3.8, 4) is 17.2 Å². The van der Waals surface area contributed by atoms with E-state index in [-0.39, 0.29) is 11.7 Å². The van der Waals surface area contributed by atoms with E-state index >= 15 is 0 Å². The van der Waals surface area contributed by atoms with Crippen LogP contribution in [0.4, 0.5) is 5.69 Å². The lowest BCUT2D eigenvalue weighted by Gasteiger charge is -2.25. The number of amides is 1. The number of sulfone groups is 1. The van der Waals surface area contributed by atoms with Gasteiger partial charge in [-0.3, -0.25) is 4.79 Å². The number of methoxy groups -OCH3 is 1. The largest absolute Gasteiger partial charge is 0.490 e. The van der Waals surface area contributed by atoms with Crippen LogP contribution in [0.25, 0.3) is 0 Å². The van der Waals surface area contributed by atoms with E-state index in [9.17, 15) is 23.1 Å². The molecule has 1 atom stereocenters. The van der Waals surface area contributed by atoms with Gasteiger partial charge in [-0.05, 0) is 54.6 Å². The molecule has 1 unspecified atom stereocenters. The van der Waals surface area contributed by atoms with Crippen LogP contribution >= 0.6 is 0 Å². The van der Waals surface area contributed by atoms with E-state index in [4.69, 9.17) is 14.2 Å². The summed E-state index contributed by atoms with van der Waals surface area (Å²) in [4.78, 5) is 24.7. The summed E-state index contributed by atoms with van der Waals surface area (Å²) in [5, 5.41) is 13.5. The van der Waals surface area contributed by atoms with Crippen LogP contribution in [0, 0.1) is 0 Å². The molecule has 1 aliphatic rings. The van der Waals surface area contributed by atoms with Gasteiger partial charge >= 0.3 is 5.97 Å². The van der Waals surface area contributed by atoms with Gasteiger partial charge in [0, 0.05) is 11.3 Å². The van der Waals surface area contributed by atoms with Crippen molar-refractivity contribution >= 4 is 27.4 Å². The Balaban J connectivity index is 1.45. The molecule has 3 aromatic rings. The topological polar surface area (TPSA) is 137 Å². The van der Waals surface area contributed by atoms with Gasteiger partial charge in [0.15, 0.2) is 21.3 Å². The molecule has 36 heavy (non-hydrogen) atoms. The third-order valence-electron chi connectivity index (χ3n) is 5.32. The van der Waals surface area contributed by atoms with Gasteiger partial charge < -0.3 is 29.4 Å². The predicted octanol–water partition coefficient (Wildman–Crippen LogP) is 2.42. The first-order valence-electron chi connectivity index (χ1n) is 10.7. The maximum absolute atomic E-state index is 13.0. The normalized spacial score (nSPS) is 13.9. The standard InChI is InChI=1S/C25H23NO9S/c1-32-24(28)25(29,14-33-19-5-3-2-4-6-19)15-36(30,31)20-10-8-18(9-11-20)26-23(27)17-7-12-21-22(13-17)35-16-34-21/h2-13,29H,14-16H2,1H3,(H,26,27). The summed E-state index contributed by atoms with van der Waals surface area (Å²) in [5.74, 6) is -1.19. The minimum Gasteiger partial charge on any atom is -0.490 e. The highest BCUT2D eigenvalue weighted by molar-refractivity contribution is 7.91. The van der Waals surface area contributed by atoms with E-state index in [1.807, 2.05) is 0 Å². The van der Waals surface area contributed by atoms with Gasteiger partial charge in [-0.2, -0.15) is 0 Å². The van der Waals surface area contributed by atoms with Crippen molar-refractivity contribution in [1.29, 1.82) is 0 Å². The number of aliphatic hydroxyl groups is 1. The molecule has 3 aromatic carbocycles. The lowest BCUT2D eigenvalue weighted by molar-refractivity contribution is -0.162. The van der Waals surface area contributed by atoms with E-state index < -0.39 is 39.7 Å². The highest BCUT2D eigenvalue weighted by atomic mass is 32.2. The maximum atomic E-state index is 13.0. The zero-order valence-corrected chi connectivity index (χ0v) is 20.0. The number of nitrogens with one attached hydrogen (secondary N) is 1. The third-order valence-corrected chi connectivity index (χ3v) is 7.17. The first-order chi connectivity index (χ1) is 17.2. The number of benzene rings is 3. The highest BCUT2D eigenvalue weighted by Gasteiger charge is 2.43. The Labute approximate surface area is 207 Å². The Morgan fingerprint density at radius 2 is 1.69 bits per heavy atom. The van der Waals surface area contributed by atoms with Crippen LogP contribution in [-0.4, -0.2) is 57.3 Å². The molecule has 0 radical (unpaired) electrons. The van der Waals surface area contributed by atoms with E-state index in [0.717, 1.165) is 7.11 Å². The minimum absolute atomic E-state index is 0.0832. The average molecular weight is 514 g/mol. The molecule has 0 bridgehead atoms. The zero-order chi connectivity index (χ0) is 25.8. The predicted molar refractivity (Wildman–Crippen MR) is 128 cm³/mol. The second-order valence-corrected chi connectivity index (χ2v) is 9.92. The number of ether oxygens (including phenoxy) is 4. The van der Waals surface area contributed by atoms with Crippen molar-refractivity contribution in [1.82, 2.24) is 0 Å². The quantitative estimate of drug-likeness (QED) is 0.413. The second-order valence-electron chi connectivity index (χ2n) is 7.93. The fourth-order valence-corrected chi connectivity index (χ4v) is 5.00. The van der Waals surface area contributed by atoms with Crippen LogP contribution in [0.2, 0.25) is 0 Å². The SMILES string of the molecule is COC(=O)C(O)(COc1ccccc1)CS(=O)(=O)c1ccc(NC(=O)c2ccc3c(c2)OCO3)cc1. The van der Waals surface area contributed by atoms with Crippen molar-refractivity contribution in [3.05, 3.63) is 78.4 Å². The molecule has 0 fully saturated rings. The maximum Gasteiger partial charge on any atom is 0.342 e. The Morgan fingerprint density at radius 1 is 1.00 bits per heavy atom. The number of fused-ring (bicyclic) bond motifs is 1. The number of rotatable bonds is 9. The monoisotopic (exact) mass is 513 g/mol. The number of carbonyl (C=O) groups is 2. The van der Waals surface area contributed by atoms with Gasteiger partial charge in [0.05, 0.1) is 17.8 Å². The van der Waals surface area contributed by atoms with E-state index in [1.54, 1.807) is 48.5 Å². The van der Waals surface area contributed by atoms with Gasteiger partial charge in [-0.1, -0.05) is 18.2 Å².